The molecule has 0 aliphatic carbocycles. The van der Waals surface area contributed by atoms with Gasteiger partial charge >= 0.3 is 0 Å². The Kier molecular flexibility index (Phi) is 7.62. The van der Waals surface area contributed by atoms with Crippen LogP contribution >= 0.6 is 46.8 Å². The van der Waals surface area contributed by atoms with Crippen LogP contribution in [-0.4, -0.2) is 48.0 Å². The van der Waals surface area contributed by atoms with Crippen molar-refractivity contribution >= 4 is 85.1 Å². The van der Waals surface area contributed by atoms with Crippen molar-refractivity contribution in [1.29, 1.82) is 0 Å². The Morgan fingerprint density at radius 2 is 1.71 bits per heavy atom. The second-order valence-corrected chi connectivity index (χ2v) is 10.6. The summed E-state index contributed by atoms with van der Waals surface area (Å²) in [5.41, 5.74) is 1.84. The first-order chi connectivity index (χ1) is 16.2. The Hall–Kier alpha value is -2.39. The summed E-state index contributed by atoms with van der Waals surface area (Å²) < 4.78 is 0.839. The number of hydrogen-bond donors (Lipinski definition) is 2. The summed E-state index contributed by atoms with van der Waals surface area (Å²) >= 11 is 19.0. The third-order valence-corrected chi connectivity index (χ3v) is 7.70. The van der Waals surface area contributed by atoms with E-state index in [9.17, 15) is 9.59 Å². The number of halogens is 2. The molecular formula is C24H24Cl2N4O2S2. The monoisotopic (exact) mass is 534 g/mol. The average molecular weight is 536 g/mol. The highest BCUT2D eigenvalue weighted by Gasteiger charge is 2.23. The number of thiocarbonyl (C=S) groups is 1. The van der Waals surface area contributed by atoms with Crippen molar-refractivity contribution in [2.45, 2.75) is 13.8 Å². The Morgan fingerprint density at radius 3 is 2.35 bits per heavy atom. The number of nitrogens with zero attached hydrogens (tertiary/aromatic N) is 2. The van der Waals surface area contributed by atoms with Crippen LogP contribution in [0.1, 0.15) is 23.5 Å². The van der Waals surface area contributed by atoms with E-state index in [-0.39, 0.29) is 22.8 Å². The fraction of sp³-hybridized carbons (Fsp3) is 0.292. The summed E-state index contributed by atoms with van der Waals surface area (Å²) in [7, 11) is 0. The molecule has 0 bridgehead atoms. The Balaban J connectivity index is 1.33. The van der Waals surface area contributed by atoms with Crippen molar-refractivity contribution in [3.63, 3.8) is 0 Å². The van der Waals surface area contributed by atoms with Gasteiger partial charge in [0.15, 0.2) is 5.11 Å². The summed E-state index contributed by atoms with van der Waals surface area (Å²) in [6.07, 6.45) is 0. The van der Waals surface area contributed by atoms with Gasteiger partial charge in [-0.1, -0.05) is 43.1 Å². The van der Waals surface area contributed by atoms with Gasteiger partial charge in [-0.2, -0.15) is 0 Å². The molecule has 2 amide bonds. The summed E-state index contributed by atoms with van der Waals surface area (Å²) in [4.78, 5) is 29.5. The molecule has 2 N–H and O–H groups in total. The van der Waals surface area contributed by atoms with E-state index in [1.54, 1.807) is 18.2 Å². The highest BCUT2D eigenvalue weighted by atomic mass is 35.5. The minimum absolute atomic E-state index is 0.0228. The van der Waals surface area contributed by atoms with Crippen molar-refractivity contribution < 1.29 is 9.59 Å². The average Bonchev–Trinajstić information content (AvgIpc) is 3.14. The molecule has 0 saturated carbocycles. The van der Waals surface area contributed by atoms with E-state index in [0.29, 0.717) is 14.9 Å². The number of fused-ring (bicyclic) bond motifs is 1. The van der Waals surface area contributed by atoms with Crippen molar-refractivity contribution in [2.75, 3.05) is 36.4 Å². The number of benzene rings is 2. The lowest BCUT2D eigenvalue weighted by molar-refractivity contribution is -0.134. The molecule has 2 heterocycles. The summed E-state index contributed by atoms with van der Waals surface area (Å²) in [5, 5.41) is 7.67. The van der Waals surface area contributed by atoms with Crippen LogP contribution in [0.5, 0.6) is 0 Å². The Morgan fingerprint density at radius 1 is 1.03 bits per heavy atom. The maximum atomic E-state index is 12.7. The molecule has 6 nitrogen and oxygen atoms in total. The Labute approximate surface area is 217 Å². The fourth-order valence-corrected chi connectivity index (χ4v) is 5.71. The van der Waals surface area contributed by atoms with E-state index in [4.69, 9.17) is 35.4 Å². The van der Waals surface area contributed by atoms with Gasteiger partial charge in [0.25, 0.3) is 5.91 Å². The minimum atomic E-state index is -0.370. The van der Waals surface area contributed by atoms with Crippen LogP contribution < -0.4 is 15.5 Å². The van der Waals surface area contributed by atoms with Gasteiger partial charge in [0.1, 0.15) is 4.88 Å². The smallest absolute Gasteiger partial charge is 0.269 e. The number of amides is 2. The first kappa shape index (κ1) is 24.7. The molecule has 1 fully saturated rings. The molecule has 1 aromatic heterocycles. The molecule has 0 spiro atoms. The van der Waals surface area contributed by atoms with Crippen molar-refractivity contribution in [2.24, 2.45) is 5.92 Å². The predicted octanol–water partition coefficient (Wildman–Crippen LogP) is 5.64. The van der Waals surface area contributed by atoms with Crippen molar-refractivity contribution in [3.8, 4) is 0 Å². The van der Waals surface area contributed by atoms with Crippen LogP contribution in [0.15, 0.2) is 42.5 Å². The first-order valence-corrected chi connectivity index (χ1v) is 12.8. The lowest BCUT2D eigenvalue weighted by Gasteiger charge is -2.37. The zero-order valence-corrected chi connectivity index (χ0v) is 21.9. The quantitative estimate of drug-likeness (QED) is 0.424. The third-order valence-electron chi connectivity index (χ3n) is 5.60. The van der Waals surface area contributed by atoms with Crippen LogP contribution in [-0.2, 0) is 4.79 Å². The molecular weight excluding hydrogens is 511 g/mol. The van der Waals surface area contributed by atoms with E-state index in [0.717, 1.165) is 47.6 Å². The van der Waals surface area contributed by atoms with Gasteiger partial charge in [-0.05, 0) is 48.6 Å². The Bertz CT molecular complexity index is 1240. The normalized spacial score (nSPS) is 13.9. The van der Waals surface area contributed by atoms with E-state index in [1.807, 2.05) is 43.0 Å². The maximum absolute atomic E-state index is 12.7. The molecule has 1 aliphatic rings. The summed E-state index contributed by atoms with van der Waals surface area (Å²) in [5.74, 6) is -0.143. The van der Waals surface area contributed by atoms with Crippen LogP contribution in [0.3, 0.4) is 0 Å². The van der Waals surface area contributed by atoms with Gasteiger partial charge in [0.05, 0.1) is 5.02 Å². The van der Waals surface area contributed by atoms with E-state index >= 15 is 0 Å². The molecule has 0 unspecified atom stereocenters. The standard InChI is InChI=1S/C24H24Cl2N4O2S2/c1-14(2)23(32)30-11-9-29(10-12-30)17-6-4-16(5-7-17)27-24(33)28-22(31)21-20(26)18-8-3-15(25)13-19(18)34-21/h3-8,13-14H,9-12H2,1-2H3,(H2,27,28,31,33). The fourth-order valence-electron chi connectivity index (χ4n) is 3.81. The van der Waals surface area contributed by atoms with Crippen LogP contribution in [0.2, 0.25) is 10.0 Å². The first-order valence-electron chi connectivity index (χ1n) is 10.9. The number of carbonyl (C=O) groups excluding carboxylic acids is 2. The largest absolute Gasteiger partial charge is 0.368 e. The number of rotatable bonds is 4. The number of nitrogens with one attached hydrogen (secondary N) is 2. The van der Waals surface area contributed by atoms with E-state index in [1.165, 1.54) is 11.3 Å². The lowest BCUT2D eigenvalue weighted by Crippen LogP contribution is -2.49. The topological polar surface area (TPSA) is 64.7 Å². The summed E-state index contributed by atoms with van der Waals surface area (Å²) in [6.45, 7) is 6.89. The number of carbonyl (C=O) groups is 2. The molecule has 178 valence electrons. The van der Waals surface area contributed by atoms with Crippen molar-refractivity contribution in [1.82, 2.24) is 10.2 Å². The second-order valence-electron chi connectivity index (χ2n) is 8.31. The predicted molar refractivity (Wildman–Crippen MR) is 146 cm³/mol. The zero-order chi connectivity index (χ0) is 24.4. The zero-order valence-electron chi connectivity index (χ0n) is 18.7. The molecule has 1 saturated heterocycles. The molecule has 0 radical (unpaired) electrons. The molecule has 4 rings (SSSR count). The van der Waals surface area contributed by atoms with E-state index in [2.05, 4.69) is 15.5 Å². The van der Waals surface area contributed by atoms with Gasteiger partial charge in [-0.15, -0.1) is 11.3 Å². The van der Waals surface area contributed by atoms with Crippen LogP contribution in [0.4, 0.5) is 11.4 Å². The highest BCUT2D eigenvalue weighted by molar-refractivity contribution is 7.80. The molecule has 0 atom stereocenters. The van der Waals surface area contributed by atoms with Gasteiger partial charge in [-0.3, -0.25) is 14.9 Å². The van der Waals surface area contributed by atoms with Gasteiger partial charge in [-0.25, -0.2) is 0 Å². The third kappa shape index (κ3) is 5.46. The van der Waals surface area contributed by atoms with Crippen LogP contribution in [0.25, 0.3) is 10.1 Å². The van der Waals surface area contributed by atoms with Gasteiger partial charge in [0, 0.05) is 58.6 Å². The molecule has 3 aromatic rings. The molecule has 10 heteroatoms. The number of anilines is 2. The second kappa shape index (κ2) is 10.5. The van der Waals surface area contributed by atoms with Gasteiger partial charge in [0.2, 0.25) is 5.91 Å². The molecule has 34 heavy (non-hydrogen) atoms. The number of hydrogen-bond acceptors (Lipinski definition) is 5. The lowest BCUT2D eigenvalue weighted by atomic mass is 10.1. The maximum Gasteiger partial charge on any atom is 0.269 e. The SMILES string of the molecule is CC(C)C(=O)N1CCN(c2ccc(NC(=S)NC(=O)c3sc4cc(Cl)ccc4c3Cl)cc2)CC1. The van der Waals surface area contributed by atoms with E-state index < -0.39 is 0 Å². The van der Waals surface area contributed by atoms with Crippen molar-refractivity contribution in [3.05, 3.63) is 57.4 Å². The minimum Gasteiger partial charge on any atom is -0.368 e. The summed E-state index contributed by atoms with van der Waals surface area (Å²) in [6, 6.07) is 13.1. The molecule has 1 aliphatic heterocycles. The molecule has 2 aromatic carbocycles. The number of piperazine rings is 1. The van der Waals surface area contributed by atoms with Crippen LogP contribution in [0, 0.1) is 5.92 Å². The number of thiophene rings is 1. The van der Waals surface area contributed by atoms with Gasteiger partial charge < -0.3 is 15.1 Å². The highest BCUT2D eigenvalue weighted by Crippen LogP contribution is 2.36.